The highest BCUT2D eigenvalue weighted by atomic mass is 19.4. The van der Waals surface area contributed by atoms with E-state index in [9.17, 15) is 17.7 Å². The molecule has 0 saturated heterocycles. The molecule has 0 spiro atoms. The van der Waals surface area contributed by atoms with Gasteiger partial charge in [0.2, 0.25) is 0 Å². The summed E-state index contributed by atoms with van der Waals surface area (Å²) in [6.45, 7) is -1.33. The molecule has 6 heteroatoms. The molecule has 0 aromatic heterocycles. The first kappa shape index (κ1) is 12.3. The van der Waals surface area contributed by atoms with Crippen LogP contribution < -0.4 is 0 Å². The number of carbonyl (C=O) groups is 1. The highest BCUT2D eigenvalue weighted by Crippen LogP contribution is 2.43. The molecule has 0 aliphatic carbocycles. The maximum absolute atomic E-state index is 12.3. The van der Waals surface area contributed by atoms with Crippen LogP contribution in [-0.2, 0) is 9.53 Å². The molecule has 0 aliphatic rings. The van der Waals surface area contributed by atoms with Crippen molar-refractivity contribution in [1.82, 2.24) is 0 Å². The van der Waals surface area contributed by atoms with Crippen LogP contribution in [-0.4, -0.2) is 19.6 Å². The van der Waals surface area contributed by atoms with E-state index in [4.69, 9.17) is 0 Å². The van der Waals surface area contributed by atoms with E-state index >= 15 is 0 Å². The van der Waals surface area contributed by atoms with Crippen molar-refractivity contribution in [2.24, 2.45) is 0 Å². The molecule has 0 N–H and O–H groups in total. The Kier molecular flexibility index (Phi) is 3.81. The fraction of sp³-hybridized carbons (Fsp3) is 0.857. The molecule has 0 unspecified atom stereocenters. The van der Waals surface area contributed by atoms with Crippen LogP contribution in [0.2, 0.25) is 5.31 Å². The summed E-state index contributed by atoms with van der Waals surface area (Å²) in [4.78, 5) is 10.8. The van der Waals surface area contributed by atoms with E-state index < -0.39 is 24.7 Å². The summed E-state index contributed by atoms with van der Waals surface area (Å²) in [6.07, 6.45) is -0.607. The molecule has 2 nitrogen and oxygen atoms in total. The van der Waals surface area contributed by atoms with Crippen LogP contribution in [0.3, 0.4) is 0 Å². The van der Waals surface area contributed by atoms with Crippen molar-refractivity contribution in [2.45, 2.75) is 32.5 Å². The van der Waals surface area contributed by atoms with E-state index in [1.807, 2.05) is 0 Å². The van der Waals surface area contributed by atoms with E-state index in [0.717, 1.165) is 13.8 Å². The zero-order chi connectivity index (χ0) is 10.7. The Hall–Kier alpha value is -0.675. The molecule has 78 valence electrons. The standard InChI is InChI=1S/C7H13BF3O2/c1-4-13-6(12)5-7(2,3)8(9,10)11/h4-5H2,1-3H3/q-1. The lowest BCUT2D eigenvalue weighted by molar-refractivity contribution is -0.144. The molecule has 0 saturated carbocycles. The highest BCUT2D eigenvalue weighted by Gasteiger charge is 2.43. The summed E-state index contributed by atoms with van der Waals surface area (Å²) < 4.78 is 41.3. The number of hydrogen-bond acceptors (Lipinski definition) is 2. The first-order valence-corrected chi connectivity index (χ1v) is 4.05. The number of halogens is 3. The average molecular weight is 197 g/mol. The van der Waals surface area contributed by atoms with Gasteiger partial charge in [0.15, 0.2) is 0 Å². The topological polar surface area (TPSA) is 26.3 Å². The van der Waals surface area contributed by atoms with E-state index in [2.05, 4.69) is 4.74 Å². The van der Waals surface area contributed by atoms with Crippen molar-refractivity contribution in [3.8, 4) is 0 Å². The maximum atomic E-state index is 12.3. The average Bonchev–Trinajstić information content (AvgIpc) is 1.83. The molecule has 0 amide bonds. The zero-order valence-electron chi connectivity index (χ0n) is 7.94. The maximum Gasteiger partial charge on any atom is 0.484 e. The minimum absolute atomic E-state index is 0.111. The molecule has 0 aromatic carbocycles. The van der Waals surface area contributed by atoms with Crippen LogP contribution in [0, 0.1) is 0 Å². The molecule has 13 heavy (non-hydrogen) atoms. The normalized spacial score (nSPS) is 12.8. The van der Waals surface area contributed by atoms with E-state index in [1.54, 1.807) is 6.92 Å². The second-order valence-electron chi connectivity index (χ2n) is 3.55. The van der Waals surface area contributed by atoms with Crippen LogP contribution in [0.5, 0.6) is 0 Å². The predicted octanol–water partition coefficient (Wildman–Crippen LogP) is 2.57. The first-order chi connectivity index (χ1) is 5.70. The van der Waals surface area contributed by atoms with Crippen molar-refractivity contribution in [3.05, 3.63) is 0 Å². The summed E-state index contributed by atoms with van der Waals surface area (Å²) >= 11 is 0. The molecular formula is C7H13BF3O2-. The molecule has 0 aromatic rings. The third-order valence-corrected chi connectivity index (χ3v) is 1.79. The van der Waals surface area contributed by atoms with Crippen molar-refractivity contribution in [2.75, 3.05) is 6.61 Å². The van der Waals surface area contributed by atoms with Gasteiger partial charge in [-0.2, -0.15) is 0 Å². The van der Waals surface area contributed by atoms with Gasteiger partial charge >= 0.3 is 12.9 Å². The minimum Gasteiger partial charge on any atom is -0.466 e. The SMILES string of the molecule is CCOC(=O)CC(C)(C)[B-](F)(F)F. The van der Waals surface area contributed by atoms with Gasteiger partial charge in [0.05, 0.1) is 6.61 Å². The van der Waals surface area contributed by atoms with Gasteiger partial charge in [-0.3, -0.25) is 4.79 Å². The van der Waals surface area contributed by atoms with Crippen LogP contribution in [0.4, 0.5) is 12.9 Å². The van der Waals surface area contributed by atoms with Crippen molar-refractivity contribution in [3.63, 3.8) is 0 Å². The molecular weight excluding hydrogens is 184 g/mol. The summed E-state index contributed by atoms with van der Waals surface area (Å²) in [6, 6.07) is 0. The Morgan fingerprint density at radius 3 is 2.15 bits per heavy atom. The Balaban J connectivity index is 4.26. The smallest absolute Gasteiger partial charge is 0.466 e. The van der Waals surface area contributed by atoms with Crippen molar-refractivity contribution >= 4 is 12.9 Å². The lowest BCUT2D eigenvalue weighted by Crippen LogP contribution is -2.34. The van der Waals surface area contributed by atoms with Gasteiger partial charge in [-0.1, -0.05) is 19.2 Å². The summed E-state index contributed by atoms with van der Waals surface area (Å²) in [5.41, 5.74) is 0. The monoisotopic (exact) mass is 197 g/mol. The van der Waals surface area contributed by atoms with E-state index in [0.29, 0.717) is 0 Å². The Labute approximate surface area is 75.5 Å². The third-order valence-electron chi connectivity index (χ3n) is 1.79. The Bertz CT molecular complexity index is 189. The largest absolute Gasteiger partial charge is 0.484 e. The van der Waals surface area contributed by atoms with Gasteiger partial charge in [0.25, 0.3) is 0 Å². The summed E-state index contributed by atoms with van der Waals surface area (Å²) in [7, 11) is 0. The van der Waals surface area contributed by atoms with Gasteiger partial charge in [-0.15, -0.1) is 0 Å². The lowest BCUT2D eigenvalue weighted by Gasteiger charge is -2.33. The fourth-order valence-corrected chi connectivity index (χ4v) is 0.700. The summed E-state index contributed by atoms with van der Waals surface area (Å²) in [5.74, 6) is -0.799. The van der Waals surface area contributed by atoms with Crippen molar-refractivity contribution in [1.29, 1.82) is 0 Å². The Morgan fingerprint density at radius 2 is 1.85 bits per heavy atom. The molecule has 0 atom stereocenters. The fourth-order valence-electron chi connectivity index (χ4n) is 0.700. The van der Waals surface area contributed by atoms with E-state index in [1.165, 1.54) is 0 Å². The molecule has 0 fully saturated rings. The third kappa shape index (κ3) is 3.70. The number of esters is 1. The number of hydrogen-bond donors (Lipinski definition) is 0. The molecule has 0 heterocycles. The Morgan fingerprint density at radius 1 is 1.38 bits per heavy atom. The second kappa shape index (κ2) is 4.02. The van der Waals surface area contributed by atoms with Crippen LogP contribution in [0.15, 0.2) is 0 Å². The van der Waals surface area contributed by atoms with E-state index in [-0.39, 0.29) is 6.61 Å². The predicted molar refractivity (Wildman–Crippen MR) is 44.4 cm³/mol. The van der Waals surface area contributed by atoms with Crippen LogP contribution >= 0.6 is 0 Å². The quantitative estimate of drug-likeness (QED) is 0.511. The minimum atomic E-state index is -5.01. The molecule has 0 aliphatic heterocycles. The summed E-state index contributed by atoms with van der Waals surface area (Å²) in [5, 5.41) is -1.95. The van der Waals surface area contributed by atoms with Crippen molar-refractivity contribution < 1.29 is 22.5 Å². The highest BCUT2D eigenvalue weighted by molar-refractivity contribution is 6.62. The lowest BCUT2D eigenvalue weighted by atomic mass is 9.58. The van der Waals surface area contributed by atoms with Gasteiger partial charge < -0.3 is 17.7 Å². The van der Waals surface area contributed by atoms with Crippen LogP contribution in [0.1, 0.15) is 27.2 Å². The van der Waals surface area contributed by atoms with Gasteiger partial charge in [0, 0.05) is 6.42 Å². The zero-order valence-corrected chi connectivity index (χ0v) is 7.94. The first-order valence-electron chi connectivity index (χ1n) is 4.05. The van der Waals surface area contributed by atoms with Gasteiger partial charge in [0.1, 0.15) is 0 Å². The molecule has 0 rings (SSSR count). The van der Waals surface area contributed by atoms with Crippen LogP contribution in [0.25, 0.3) is 0 Å². The second-order valence-corrected chi connectivity index (χ2v) is 3.55. The van der Waals surface area contributed by atoms with Gasteiger partial charge in [-0.25, -0.2) is 0 Å². The molecule has 0 bridgehead atoms. The van der Waals surface area contributed by atoms with Gasteiger partial charge in [-0.05, 0) is 6.92 Å². The number of ether oxygens (including phenoxy) is 1. The number of carbonyl (C=O) groups excluding carboxylic acids is 1. The molecule has 0 radical (unpaired) electrons. The number of rotatable bonds is 4.